The molecule has 0 bridgehead atoms. The van der Waals surface area contributed by atoms with Gasteiger partial charge in [-0.2, -0.15) is 0 Å². The van der Waals surface area contributed by atoms with Crippen LogP contribution in [0.5, 0.6) is 0 Å². The summed E-state index contributed by atoms with van der Waals surface area (Å²) in [5.41, 5.74) is 1.97. The van der Waals surface area contributed by atoms with Crippen molar-refractivity contribution < 1.29 is 8.42 Å². The van der Waals surface area contributed by atoms with Crippen LogP contribution >= 0.6 is 22.3 Å². The molecule has 0 aliphatic heterocycles. The number of hydrogen-bond donors (Lipinski definition) is 0. The van der Waals surface area contributed by atoms with Gasteiger partial charge in [-0.05, 0) is 17.5 Å². The van der Waals surface area contributed by atoms with Gasteiger partial charge in [-0.15, -0.1) is 11.6 Å². The first-order valence-corrected chi connectivity index (χ1v) is 7.49. The molecule has 1 rings (SSSR count). The topological polar surface area (TPSA) is 34.1 Å². The number of benzene rings is 1. The van der Waals surface area contributed by atoms with Gasteiger partial charge in [0, 0.05) is 10.7 Å². The highest BCUT2D eigenvalue weighted by Crippen LogP contribution is 2.23. The SMILES string of the molecule is CCc1ccc(C(Cl)CS(=O)(=O)Cl)cc1. The summed E-state index contributed by atoms with van der Waals surface area (Å²) in [6.07, 6.45) is 0.945. The lowest BCUT2D eigenvalue weighted by atomic mass is 10.1. The molecule has 15 heavy (non-hydrogen) atoms. The fourth-order valence-corrected chi connectivity index (χ4v) is 2.99. The molecule has 1 atom stereocenters. The number of alkyl halides is 1. The second-order valence-electron chi connectivity index (χ2n) is 3.27. The quantitative estimate of drug-likeness (QED) is 0.620. The Hall–Kier alpha value is -0.250. The average Bonchev–Trinajstić information content (AvgIpc) is 2.15. The highest BCUT2D eigenvalue weighted by atomic mass is 35.7. The van der Waals surface area contributed by atoms with Crippen LogP contribution in [0, 0.1) is 0 Å². The summed E-state index contributed by atoms with van der Waals surface area (Å²) < 4.78 is 21.6. The van der Waals surface area contributed by atoms with Crippen molar-refractivity contribution in [3.63, 3.8) is 0 Å². The van der Waals surface area contributed by atoms with Gasteiger partial charge in [-0.3, -0.25) is 0 Å². The molecule has 0 heterocycles. The van der Waals surface area contributed by atoms with Crippen molar-refractivity contribution in [3.05, 3.63) is 35.4 Å². The third kappa shape index (κ3) is 4.41. The van der Waals surface area contributed by atoms with Crippen molar-refractivity contribution >= 4 is 31.3 Å². The number of aryl methyl sites for hydroxylation is 1. The molecule has 2 nitrogen and oxygen atoms in total. The highest BCUT2D eigenvalue weighted by Gasteiger charge is 2.16. The summed E-state index contributed by atoms with van der Waals surface area (Å²) in [6, 6.07) is 7.54. The standard InChI is InChI=1S/C10H12Cl2O2S/c1-2-8-3-5-9(6-4-8)10(11)7-15(12,13)14/h3-6,10H,2,7H2,1H3. The van der Waals surface area contributed by atoms with E-state index in [1.54, 1.807) is 0 Å². The Morgan fingerprint density at radius 3 is 2.20 bits per heavy atom. The van der Waals surface area contributed by atoms with E-state index in [9.17, 15) is 8.42 Å². The zero-order chi connectivity index (χ0) is 11.5. The lowest BCUT2D eigenvalue weighted by Crippen LogP contribution is -2.04. The van der Waals surface area contributed by atoms with Gasteiger partial charge in [0.25, 0.3) is 0 Å². The molecule has 0 radical (unpaired) electrons. The van der Waals surface area contributed by atoms with Crippen molar-refractivity contribution in [3.8, 4) is 0 Å². The fraction of sp³-hybridized carbons (Fsp3) is 0.400. The molecule has 0 aromatic heterocycles. The molecule has 0 aliphatic rings. The molecular weight excluding hydrogens is 255 g/mol. The predicted octanol–water partition coefficient (Wildman–Crippen LogP) is 3.10. The molecule has 84 valence electrons. The predicted molar refractivity (Wildman–Crippen MR) is 64.1 cm³/mol. The van der Waals surface area contributed by atoms with E-state index >= 15 is 0 Å². The van der Waals surface area contributed by atoms with Gasteiger partial charge in [-0.25, -0.2) is 8.42 Å². The van der Waals surface area contributed by atoms with E-state index in [1.807, 2.05) is 24.3 Å². The minimum Gasteiger partial charge on any atom is -0.212 e. The van der Waals surface area contributed by atoms with Gasteiger partial charge in [0.15, 0.2) is 0 Å². The normalized spacial score (nSPS) is 13.8. The van der Waals surface area contributed by atoms with E-state index in [4.69, 9.17) is 22.3 Å². The Labute approximate surface area is 99.6 Å². The van der Waals surface area contributed by atoms with E-state index in [2.05, 4.69) is 6.92 Å². The van der Waals surface area contributed by atoms with Crippen LogP contribution in [-0.2, 0) is 15.5 Å². The summed E-state index contributed by atoms with van der Waals surface area (Å²) in [4.78, 5) is 0. The maximum Gasteiger partial charge on any atom is 0.234 e. The molecule has 0 N–H and O–H groups in total. The molecule has 5 heteroatoms. The average molecular weight is 267 g/mol. The van der Waals surface area contributed by atoms with Gasteiger partial charge in [0.2, 0.25) is 9.05 Å². The van der Waals surface area contributed by atoms with E-state index in [-0.39, 0.29) is 5.75 Å². The molecular formula is C10H12Cl2O2S. The molecule has 0 fully saturated rings. The summed E-state index contributed by atoms with van der Waals surface area (Å²) in [5.74, 6) is -0.248. The first-order valence-electron chi connectivity index (χ1n) is 4.57. The zero-order valence-electron chi connectivity index (χ0n) is 8.28. The number of halogens is 2. The number of hydrogen-bond acceptors (Lipinski definition) is 2. The minimum absolute atomic E-state index is 0.248. The molecule has 0 aliphatic carbocycles. The second-order valence-corrected chi connectivity index (χ2v) is 6.62. The molecule has 0 saturated carbocycles. The highest BCUT2D eigenvalue weighted by molar-refractivity contribution is 8.13. The van der Waals surface area contributed by atoms with Crippen molar-refractivity contribution in [1.82, 2.24) is 0 Å². The Bertz CT molecular complexity index is 412. The van der Waals surface area contributed by atoms with Crippen LogP contribution < -0.4 is 0 Å². The van der Waals surface area contributed by atoms with Crippen LogP contribution in [-0.4, -0.2) is 14.2 Å². The summed E-state index contributed by atoms with van der Waals surface area (Å²) in [6.45, 7) is 2.05. The Balaban J connectivity index is 2.78. The van der Waals surface area contributed by atoms with E-state index < -0.39 is 14.4 Å². The Morgan fingerprint density at radius 1 is 1.27 bits per heavy atom. The Kier molecular flexibility index (Phi) is 4.44. The van der Waals surface area contributed by atoms with Crippen molar-refractivity contribution in [2.24, 2.45) is 0 Å². The maximum absolute atomic E-state index is 10.8. The second kappa shape index (κ2) is 5.19. The lowest BCUT2D eigenvalue weighted by molar-refractivity contribution is 0.608. The van der Waals surface area contributed by atoms with Crippen LogP contribution in [0.3, 0.4) is 0 Å². The van der Waals surface area contributed by atoms with E-state index in [0.717, 1.165) is 12.0 Å². The summed E-state index contributed by atoms with van der Waals surface area (Å²) in [5, 5.41) is -0.585. The van der Waals surface area contributed by atoms with Gasteiger partial charge in [0.05, 0.1) is 11.1 Å². The molecule has 1 unspecified atom stereocenters. The largest absolute Gasteiger partial charge is 0.234 e. The van der Waals surface area contributed by atoms with Crippen molar-refractivity contribution in [2.45, 2.75) is 18.7 Å². The minimum atomic E-state index is -3.55. The smallest absolute Gasteiger partial charge is 0.212 e. The molecule has 0 amide bonds. The van der Waals surface area contributed by atoms with E-state index in [1.165, 1.54) is 5.56 Å². The van der Waals surface area contributed by atoms with Gasteiger partial charge >= 0.3 is 0 Å². The lowest BCUT2D eigenvalue weighted by Gasteiger charge is -2.08. The first kappa shape index (κ1) is 12.8. The van der Waals surface area contributed by atoms with Crippen LogP contribution in [0.15, 0.2) is 24.3 Å². The van der Waals surface area contributed by atoms with Crippen LogP contribution in [0.2, 0.25) is 0 Å². The van der Waals surface area contributed by atoms with Crippen LogP contribution in [0.25, 0.3) is 0 Å². The molecule has 1 aromatic rings. The third-order valence-corrected chi connectivity index (χ3v) is 3.79. The van der Waals surface area contributed by atoms with Crippen molar-refractivity contribution in [2.75, 3.05) is 5.75 Å². The van der Waals surface area contributed by atoms with Crippen molar-refractivity contribution in [1.29, 1.82) is 0 Å². The summed E-state index contributed by atoms with van der Waals surface area (Å²) >= 11 is 5.92. The van der Waals surface area contributed by atoms with E-state index in [0.29, 0.717) is 0 Å². The number of rotatable bonds is 4. The van der Waals surface area contributed by atoms with Crippen LogP contribution in [0.1, 0.15) is 23.4 Å². The maximum atomic E-state index is 10.8. The van der Waals surface area contributed by atoms with Crippen LogP contribution in [0.4, 0.5) is 0 Å². The molecule has 1 aromatic carbocycles. The van der Waals surface area contributed by atoms with Gasteiger partial charge in [-0.1, -0.05) is 31.2 Å². The summed E-state index contributed by atoms with van der Waals surface area (Å²) in [7, 11) is 1.58. The molecule has 0 spiro atoms. The molecule has 0 saturated heterocycles. The zero-order valence-corrected chi connectivity index (χ0v) is 10.6. The third-order valence-electron chi connectivity index (χ3n) is 2.10. The van der Waals surface area contributed by atoms with Gasteiger partial charge < -0.3 is 0 Å². The monoisotopic (exact) mass is 266 g/mol. The Morgan fingerprint density at radius 2 is 1.80 bits per heavy atom. The fourth-order valence-electron chi connectivity index (χ4n) is 1.23. The van der Waals surface area contributed by atoms with Gasteiger partial charge in [0.1, 0.15) is 0 Å². The first-order chi connectivity index (χ1) is 6.92.